The van der Waals surface area contributed by atoms with Crippen molar-refractivity contribution in [3.8, 4) is 10.6 Å². The fourth-order valence-corrected chi connectivity index (χ4v) is 5.51. The topological polar surface area (TPSA) is 37.6 Å². The predicted octanol–water partition coefficient (Wildman–Crippen LogP) is 5.83. The number of likely N-dealkylation sites (tertiary alicyclic amines) is 1. The molecular formula is C20H19Cl2N3OS2. The lowest BCUT2D eigenvalue weighted by atomic mass is 10.3. The van der Waals surface area contributed by atoms with Crippen LogP contribution in [0.25, 0.3) is 10.6 Å². The highest BCUT2D eigenvalue weighted by molar-refractivity contribution is 7.14. The standard InChI is InChI=1S/C20H19Cl2N3OS2/c21-14-6-7-16(15(22)12-14)23-20-25(10-3-9-24-8-1-5-19(24)26)17(13-28-20)18-4-2-11-27-18/h2,4,6-7,11-13H,1,3,5,8-10H2. The molecule has 0 aliphatic carbocycles. The lowest BCUT2D eigenvalue weighted by Crippen LogP contribution is -2.27. The first-order valence-electron chi connectivity index (χ1n) is 9.11. The fraction of sp³-hybridized carbons (Fsp3) is 0.300. The molecule has 0 radical (unpaired) electrons. The molecule has 0 unspecified atom stereocenters. The van der Waals surface area contributed by atoms with E-state index in [1.165, 1.54) is 4.88 Å². The number of nitrogens with zero attached hydrogens (tertiary/aromatic N) is 3. The Kier molecular flexibility index (Phi) is 6.21. The summed E-state index contributed by atoms with van der Waals surface area (Å²) in [6.45, 7) is 2.46. The predicted molar refractivity (Wildman–Crippen MR) is 118 cm³/mol. The van der Waals surface area contributed by atoms with Crippen molar-refractivity contribution in [1.82, 2.24) is 9.47 Å². The Balaban J connectivity index is 1.64. The molecule has 3 heterocycles. The Morgan fingerprint density at radius 2 is 2.04 bits per heavy atom. The Bertz CT molecular complexity index is 1040. The first-order chi connectivity index (χ1) is 13.6. The molecule has 1 fully saturated rings. The maximum absolute atomic E-state index is 11.9. The summed E-state index contributed by atoms with van der Waals surface area (Å²) in [6, 6.07) is 9.51. The van der Waals surface area contributed by atoms with E-state index in [1.54, 1.807) is 34.8 Å². The molecule has 28 heavy (non-hydrogen) atoms. The Morgan fingerprint density at radius 3 is 2.75 bits per heavy atom. The number of halogens is 2. The number of carbonyl (C=O) groups is 1. The monoisotopic (exact) mass is 451 g/mol. The first kappa shape index (κ1) is 19.7. The van der Waals surface area contributed by atoms with E-state index < -0.39 is 0 Å². The summed E-state index contributed by atoms with van der Waals surface area (Å²) in [5.41, 5.74) is 1.85. The Labute approximate surface area is 181 Å². The first-order valence-corrected chi connectivity index (χ1v) is 11.6. The van der Waals surface area contributed by atoms with E-state index in [1.807, 2.05) is 11.0 Å². The van der Waals surface area contributed by atoms with Gasteiger partial charge in [-0.2, -0.15) is 0 Å². The number of amides is 1. The lowest BCUT2D eigenvalue weighted by molar-refractivity contribution is -0.127. The lowest BCUT2D eigenvalue weighted by Gasteiger charge is -2.16. The summed E-state index contributed by atoms with van der Waals surface area (Å²) < 4.78 is 2.22. The van der Waals surface area contributed by atoms with Crippen molar-refractivity contribution >= 4 is 57.5 Å². The summed E-state index contributed by atoms with van der Waals surface area (Å²) in [7, 11) is 0. The van der Waals surface area contributed by atoms with Crippen molar-refractivity contribution in [3.05, 3.63) is 55.9 Å². The van der Waals surface area contributed by atoms with Crippen LogP contribution in [0.3, 0.4) is 0 Å². The maximum Gasteiger partial charge on any atom is 0.222 e. The van der Waals surface area contributed by atoms with Crippen LogP contribution in [0.4, 0.5) is 5.69 Å². The third-order valence-electron chi connectivity index (χ3n) is 4.68. The van der Waals surface area contributed by atoms with E-state index >= 15 is 0 Å². The molecule has 0 bridgehead atoms. The smallest absolute Gasteiger partial charge is 0.222 e. The van der Waals surface area contributed by atoms with Gasteiger partial charge in [-0.25, -0.2) is 4.99 Å². The van der Waals surface area contributed by atoms with Crippen molar-refractivity contribution in [2.45, 2.75) is 25.8 Å². The van der Waals surface area contributed by atoms with E-state index in [9.17, 15) is 4.79 Å². The van der Waals surface area contributed by atoms with Crippen LogP contribution in [0.1, 0.15) is 19.3 Å². The molecule has 1 amide bonds. The molecule has 0 spiro atoms. The highest BCUT2D eigenvalue weighted by Gasteiger charge is 2.19. The molecular weight excluding hydrogens is 433 g/mol. The molecule has 1 saturated heterocycles. The number of hydrogen-bond donors (Lipinski definition) is 0. The largest absolute Gasteiger partial charge is 0.343 e. The number of rotatable bonds is 6. The molecule has 1 aliphatic rings. The van der Waals surface area contributed by atoms with Gasteiger partial charge in [0.1, 0.15) is 0 Å². The average Bonchev–Trinajstić information content (AvgIpc) is 3.40. The quantitative estimate of drug-likeness (QED) is 0.464. The highest BCUT2D eigenvalue weighted by atomic mass is 35.5. The van der Waals surface area contributed by atoms with Gasteiger partial charge in [-0.15, -0.1) is 22.7 Å². The number of thiazole rings is 1. The number of hydrogen-bond acceptors (Lipinski definition) is 4. The maximum atomic E-state index is 11.9. The minimum Gasteiger partial charge on any atom is -0.343 e. The highest BCUT2D eigenvalue weighted by Crippen LogP contribution is 2.29. The minimum atomic E-state index is 0.270. The van der Waals surface area contributed by atoms with Gasteiger partial charge in [-0.05, 0) is 42.5 Å². The summed E-state index contributed by atoms with van der Waals surface area (Å²) in [5, 5.41) is 5.34. The van der Waals surface area contributed by atoms with Crippen LogP contribution in [0.2, 0.25) is 10.0 Å². The van der Waals surface area contributed by atoms with Crippen LogP contribution < -0.4 is 4.80 Å². The second-order valence-corrected chi connectivity index (χ2v) is 9.21. The average molecular weight is 452 g/mol. The molecule has 4 rings (SSSR count). The van der Waals surface area contributed by atoms with Crippen molar-refractivity contribution < 1.29 is 4.79 Å². The molecule has 8 heteroatoms. The number of aromatic nitrogens is 1. The Hall–Kier alpha value is -1.60. The van der Waals surface area contributed by atoms with Gasteiger partial charge >= 0.3 is 0 Å². The number of benzene rings is 1. The van der Waals surface area contributed by atoms with E-state index in [-0.39, 0.29) is 5.91 Å². The van der Waals surface area contributed by atoms with Gasteiger partial charge in [0.25, 0.3) is 0 Å². The van der Waals surface area contributed by atoms with E-state index in [4.69, 9.17) is 28.2 Å². The molecule has 1 aromatic carbocycles. The zero-order valence-corrected chi connectivity index (χ0v) is 18.3. The summed E-state index contributed by atoms with van der Waals surface area (Å²) in [4.78, 5) is 20.7. The molecule has 0 N–H and O–H groups in total. The SMILES string of the molecule is O=C1CCCN1CCCn1c(-c2cccs2)csc1=Nc1ccc(Cl)cc1Cl. The second-order valence-electron chi connectivity index (χ2n) is 6.58. The molecule has 146 valence electrons. The zero-order valence-electron chi connectivity index (χ0n) is 15.1. The third-order valence-corrected chi connectivity index (χ3v) is 6.97. The molecule has 0 saturated carbocycles. The van der Waals surface area contributed by atoms with E-state index in [0.29, 0.717) is 22.2 Å². The van der Waals surface area contributed by atoms with Gasteiger partial charge in [0.2, 0.25) is 5.91 Å². The normalized spacial score (nSPS) is 15.0. The molecule has 4 nitrogen and oxygen atoms in total. The van der Waals surface area contributed by atoms with Crippen LogP contribution in [0.15, 0.2) is 46.1 Å². The zero-order chi connectivity index (χ0) is 19.5. The second kappa shape index (κ2) is 8.82. The van der Waals surface area contributed by atoms with Crippen LogP contribution >= 0.6 is 45.9 Å². The molecule has 2 aromatic heterocycles. The minimum absolute atomic E-state index is 0.270. The van der Waals surface area contributed by atoms with Crippen LogP contribution in [-0.2, 0) is 11.3 Å². The molecule has 0 atom stereocenters. The molecule has 1 aliphatic heterocycles. The van der Waals surface area contributed by atoms with Gasteiger partial charge in [-0.1, -0.05) is 29.3 Å². The van der Waals surface area contributed by atoms with Gasteiger partial charge in [0.15, 0.2) is 4.80 Å². The van der Waals surface area contributed by atoms with Crippen LogP contribution in [0.5, 0.6) is 0 Å². The van der Waals surface area contributed by atoms with Gasteiger partial charge in [0.05, 0.1) is 21.3 Å². The summed E-state index contributed by atoms with van der Waals surface area (Å²) in [5.74, 6) is 0.270. The van der Waals surface area contributed by atoms with E-state index in [0.717, 1.165) is 43.0 Å². The van der Waals surface area contributed by atoms with Gasteiger partial charge in [0, 0.05) is 36.5 Å². The summed E-state index contributed by atoms with van der Waals surface area (Å²) in [6.07, 6.45) is 2.55. The fourth-order valence-electron chi connectivity index (χ4n) is 3.29. The number of carbonyl (C=O) groups excluding carboxylic acids is 1. The number of thiophene rings is 1. The van der Waals surface area contributed by atoms with Gasteiger partial charge < -0.3 is 9.47 Å². The van der Waals surface area contributed by atoms with Crippen molar-refractivity contribution in [1.29, 1.82) is 0 Å². The van der Waals surface area contributed by atoms with Gasteiger partial charge in [-0.3, -0.25) is 4.79 Å². The third kappa shape index (κ3) is 4.35. The van der Waals surface area contributed by atoms with Crippen molar-refractivity contribution in [2.24, 2.45) is 4.99 Å². The summed E-state index contributed by atoms with van der Waals surface area (Å²) >= 11 is 15.6. The Morgan fingerprint density at radius 1 is 1.14 bits per heavy atom. The van der Waals surface area contributed by atoms with Crippen molar-refractivity contribution in [3.63, 3.8) is 0 Å². The van der Waals surface area contributed by atoms with Crippen molar-refractivity contribution in [2.75, 3.05) is 13.1 Å². The van der Waals surface area contributed by atoms with E-state index in [2.05, 4.69) is 27.5 Å². The van der Waals surface area contributed by atoms with Crippen LogP contribution in [-0.4, -0.2) is 28.5 Å². The van der Waals surface area contributed by atoms with Crippen LogP contribution in [0, 0.1) is 0 Å². The molecule has 3 aromatic rings.